The zero-order valence-corrected chi connectivity index (χ0v) is 20.6. The van der Waals surface area contributed by atoms with Crippen molar-refractivity contribution in [2.24, 2.45) is 5.92 Å². The van der Waals surface area contributed by atoms with Crippen LogP contribution in [0.25, 0.3) is 5.76 Å². The van der Waals surface area contributed by atoms with Crippen molar-refractivity contribution >= 4 is 17.4 Å². The van der Waals surface area contributed by atoms with Crippen molar-refractivity contribution in [1.82, 2.24) is 9.80 Å². The highest BCUT2D eigenvalue weighted by Crippen LogP contribution is 2.39. The summed E-state index contributed by atoms with van der Waals surface area (Å²) in [6.07, 6.45) is 0. The predicted octanol–water partition coefficient (Wildman–Crippen LogP) is 4.10. The highest BCUT2D eigenvalue weighted by Gasteiger charge is 2.45. The van der Waals surface area contributed by atoms with Crippen LogP contribution in [0.5, 0.6) is 11.5 Å². The lowest BCUT2D eigenvalue weighted by atomic mass is 9.95. The molecule has 2 aromatic carbocycles. The van der Waals surface area contributed by atoms with Crippen LogP contribution in [-0.4, -0.2) is 67.0 Å². The van der Waals surface area contributed by atoms with Crippen molar-refractivity contribution < 1.29 is 24.2 Å². The average molecular weight is 467 g/mol. The van der Waals surface area contributed by atoms with Gasteiger partial charge in [0.15, 0.2) is 0 Å². The van der Waals surface area contributed by atoms with Crippen LogP contribution in [-0.2, 0) is 9.59 Å². The highest BCUT2D eigenvalue weighted by atomic mass is 16.5. The summed E-state index contributed by atoms with van der Waals surface area (Å²) in [7, 11) is 3.82. The topological polar surface area (TPSA) is 79.3 Å². The van der Waals surface area contributed by atoms with Gasteiger partial charge in [-0.25, -0.2) is 0 Å². The Labute approximate surface area is 201 Å². The zero-order valence-electron chi connectivity index (χ0n) is 20.6. The summed E-state index contributed by atoms with van der Waals surface area (Å²) in [5, 5.41) is 11.2. The van der Waals surface area contributed by atoms with Gasteiger partial charge in [-0.1, -0.05) is 26.0 Å². The van der Waals surface area contributed by atoms with E-state index < -0.39 is 17.7 Å². The van der Waals surface area contributed by atoms with E-state index in [4.69, 9.17) is 9.47 Å². The minimum Gasteiger partial charge on any atom is -0.507 e. The van der Waals surface area contributed by atoms with E-state index in [1.54, 1.807) is 24.3 Å². The van der Waals surface area contributed by atoms with Crippen molar-refractivity contribution in [1.29, 1.82) is 0 Å². The van der Waals surface area contributed by atoms with Gasteiger partial charge in [0.1, 0.15) is 17.3 Å². The molecule has 182 valence electrons. The summed E-state index contributed by atoms with van der Waals surface area (Å²) >= 11 is 0. The number of ketones is 1. The van der Waals surface area contributed by atoms with Crippen LogP contribution in [0.2, 0.25) is 0 Å². The van der Waals surface area contributed by atoms with Gasteiger partial charge in [-0.05, 0) is 68.9 Å². The first-order valence-corrected chi connectivity index (χ1v) is 11.6. The number of aliphatic hydroxyl groups excluding tert-OH is 1. The maximum Gasteiger partial charge on any atom is 0.295 e. The Hall–Kier alpha value is -3.32. The van der Waals surface area contributed by atoms with Gasteiger partial charge in [0.05, 0.1) is 24.8 Å². The number of amides is 1. The molecule has 0 spiro atoms. The lowest BCUT2D eigenvalue weighted by Crippen LogP contribution is -2.35. The van der Waals surface area contributed by atoms with Crippen LogP contribution in [0.15, 0.2) is 54.1 Å². The molecule has 1 aliphatic heterocycles. The average Bonchev–Trinajstić information content (AvgIpc) is 3.06. The Morgan fingerprint density at radius 2 is 1.59 bits per heavy atom. The quantitative estimate of drug-likeness (QED) is 0.323. The normalized spacial score (nSPS) is 17.6. The molecule has 0 aliphatic carbocycles. The molecule has 34 heavy (non-hydrogen) atoms. The second-order valence-corrected chi connectivity index (χ2v) is 9.03. The molecule has 1 heterocycles. The summed E-state index contributed by atoms with van der Waals surface area (Å²) < 4.78 is 11.2. The second kappa shape index (κ2) is 11.2. The van der Waals surface area contributed by atoms with Crippen molar-refractivity contribution in [2.45, 2.75) is 26.8 Å². The first-order chi connectivity index (χ1) is 16.2. The lowest BCUT2D eigenvalue weighted by Gasteiger charge is -2.26. The monoisotopic (exact) mass is 466 g/mol. The van der Waals surface area contributed by atoms with Crippen molar-refractivity contribution in [3.05, 3.63) is 65.2 Å². The number of Topliss-reactive ketones (excluding diaryl/α,β-unsaturated/α-hetero) is 1. The van der Waals surface area contributed by atoms with E-state index in [9.17, 15) is 14.7 Å². The van der Waals surface area contributed by atoms with E-state index >= 15 is 0 Å². The van der Waals surface area contributed by atoms with E-state index in [0.717, 1.165) is 5.56 Å². The van der Waals surface area contributed by atoms with Crippen LogP contribution < -0.4 is 9.47 Å². The number of rotatable bonds is 10. The van der Waals surface area contributed by atoms with Crippen LogP contribution in [0, 0.1) is 5.92 Å². The number of aliphatic hydroxyl groups is 1. The van der Waals surface area contributed by atoms with Crippen LogP contribution in [0.3, 0.4) is 0 Å². The fourth-order valence-electron chi connectivity index (χ4n) is 3.81. The molecule has 3 rings (SSSR count). The van der Waals surface area contributed by atoms with Gasteiger partial charge in [0.25, 0.3) is 11.7 Å². The molecule has 1 amide bonds. The van der Waals surface area contributed by atoms with Gasteiger partial charge < -0.3 is 24.4 Å². The van der Waals surface area contributed by atoms with Crippen LogP contribution in [0.1, 0.15) is 37.9 Å². The summed E-state index contributed by atoms with van der Waals surface area (Å²) in [4.78, 5) is 29.6. The van der Waals surface area contributed by atoms with Gasteiger partial charge in [-0.15, -0.1) is 0 Å². The number of likely N-dealkylation sites (N-methyl/N-ethyl adjacent to an activating group) is 1. The fraction of sp³-hybridized carbons (Fsp3) is 0.407. The molecule has 1 aliphatic rings. The second-order valence-electron chi connectivity index (χ2n) is 9.03. The predicted molar refractivity (Wildman–Crippen MR) is 132 cm³/mol. The number of carbonyl (C=O) groups is 2. The third-order valence-corrected chi connectivity index (χ3v) is 5.55. The van der Waals surface area contributed by atoms with Gasteiger partial charge in [0.2, 0.25) is 0 Å². The lowest BCUT2D eigenvalue weighted by molar-refractivity contribution is -0.140. The molecule has 2 aromatic rings. The Balaban J connectivity index is 2.01. The number of likely N-dealkylation sites (tertiary alicyclic amines) is 1. The maximum atomic E-state index is 13.1. The van der Waals surface area contributed by atoms with Gasteiger partial charge >= 0.3 is 0 Å². The molecule has 0 saturated carbocycles. The van der Waals surface area contributed by atoms with E-state index in [1.165, 1.54) is 4.90 Å². The first-order valence-electron chi connectivity index (χ1n) is 11.6. The number of hydrogen-bond donors (Lipinski definition) is 1. The Morgan fingerprint density at radius 1 is 1.00 bits per heavy atom. The molecular formula is C27H34N2O5. The Bertz CT molecular complexity index is 1030. The summed E-state index contributed by atoms with van der Waals surface area (Å²) in [6, 6.07) is 13.5. The molecule has 1 atom stereocenters. The third kappa shape index (κ3) is 5.78. The molecule has 7 heteroatoms. The Kier molecular flexibility index (Phi) is 8.34. The first kappa shape index (κ1) is 25.3. The number of carbonyl (C=O) groups excluding carboxylic acids is 2. The van der Waals surface area contributed by atoms with Gasteiger partial charge in [-0.3, -0.25) is 9.59 Å². The van der Waals surface area contributed by atoms with Crippen molar-refractivity contribution in [3.8, 4) is 11.5 Å². The number of nitrogens with zero attached hydrogens (tertiary/aromatic N) is 2. The smallest absolute Gasteiger partial charge is 0.295 e. The molecule has 7 nitrogen and oxygen atoms in total. The van der Waals surface area contributed by atoms with Crippen molar-refractivity contribution in [2.75, 3.05) is 40.4 Å². The molecular weight excluding hydrogens is 432 g/mol. The number of ether oxygens (including phenoxy) is 2. The van der Waals surface area contributed by atoms with Gasteiger partial charge in [-0.2, -0.15) is 0 Å². The van der Waals surface area contributed by atoms with Crippen LogP contribution >= 0.6 is 0 Å². The molecule has 1 unspecified atom stereocenters. The standard InChI is InChI=1S/C27H34N2O5/c1-6-33-21-11-7-19(8-12-21)24-23(26(31)27(32)29(24)16-15-28(4)5)25(30)20-9-13-22(14-10-20)34-17-18(2)3/h7-14,18,24,30H,6,15-17H2,1-5H3. The number of hydrogen-bond acceptors (Lipinski definition) is 6. The zero-order chi connectivity index (χ0) is 24.8. The minimum atomic E-state index is -0.688. The van der Waals surface area contributed by atoms with Crippen molar-refractivity contribution in [3.63, 3.8) is 0 Å². The summed E-state index contributed by atoms with van der Waals surface area (Å²) in [5.74, 6) is 0.281. The largest absolute Gasteiger partial charge is 0.507 e. The van der Waals surface area contributed by atoms with E-state index in [-0.39, 0.29) is 11.3 Å². The van der Waals surface area contributed by atoms with Crippen LogP contribution in [0.4, 0.5) is 0 Å². The maximum absolute atomic E-state index is 13.1. The SMILES string of the molecule is CCOc1ccc(C2C(=C(O)c3ccc(OCC(C)C)cc3)C(=O)C(=O)N2CCN(C)C)cc1. The van der Waals surface area contributed by atoms with Gasteiger partial charge in [0, 0.05) is 18.7 Å². The van der Waals surface area contributed by atoms with E-state index in [1.807, 2.05) is 50.2 Å². The Morgan fingerprint density at radius 3 is 2.15 bits per heavy atom. The summed E-state index contributed by atoms with van der Waals surface area (Å²) in [6.45, 7) is 8.10. The molecule has 0 bridgehead atoms. The fourth-order valence-corrected chi connectivity index (χ4v) is 3.81. The molecule has 0 radical (unpaired) electrons. The number of benzene rings is 2. The van der Waals surface area contributed by atoms with E-state index in [0.29, 0.717) is 49.3 Å². The van der Waals surface area contributed by atoms with E-state index in [2.05, 4.69) is 13.8 Å². The molecule has 1 saturated heterocycles. The molecule has 0 aromatic heterocycles. The third-order valence-electron chi connectivity index (χ3n) is 5.55. The molecule has 1 fully saturated rings. The highest BCUT2D eigenvalue weighted by molar-refractivity contribution is 6.46. The molecule has 1 N–H and O–H groups in total. The summed E-state index contributed by atoms with van der Waals surface area (Å²) in [5.41, 5.74) is 1.28. The minimum absolute atomic E-state index is 0.0868.